The molecule has 6 atom stereocenters. The maximum atomic E-state index is 13.0. The van der Waals surface area contributed by atoms with Crippen LogP contribution in [0, 0.1) is 0 Å². The van der Waals surface area contributed by atoms with E-state index in [1.807, 2.05) is 30.3 Å². The number of rotatable bonds is 27. The van der Waals surface area contributed by atoms with Gasteiger partial charge in [-0.2, -0.15) is 5.10 Å². The molecule has 0 radical (unpaired) electrons. The monoisotopic (exact) mass is 748 g/mol. The Kier molecular flexibility index (Phi) is 17.9. The Balaban J connectivity index is 1.17. The normalized spacial score (nSPS) is 22.2. The molecule has 1 saturated heterocycles. The molecule has 1 aromatic carbocycles. The number of nitrogens with zero attached hydrogens (tertiary/aromatic N) is 3. The minimum Gasteiger partial charge on any atom is -0.387 e. The third kappa shape index (κ3) is 13.4. The summed E-state index contributed by atoms with van der Waals surface area (Å²) in [4.78, 5) is 14.5. The summed E-state index contributed by atoms with van der Waals surface area (Å²) in [5.74, 6) is 0.241. The van der Waals surface area contributed by atoms with Crippen molar-refractivity contribution in [1.82, 2.24) is 14.6 Å². The van der Waals surface area contributed by atoms with Gasteiger partial charge in [-0.1, -0.05) is 121 Å². The second-order valence-electron chi connectivity index (χ2n) is 14.1. The molecule has 1 fully saturated rings. The summed E-state index contributed by atoms with van der Waals surface area (Å²) in [6, 6.07) is 12.9. The molecular formula is C38H61N4O9P. The van der Waals surface area contributed by atoms with E-state index in [4.69, 9.17) is 29.0 Å². The maximum Gasteiger partial charge on any atom is 0.472 e. The van der Waals surface area contributed by atoms with Gasteiger partial charge in [-0.05, 0) is 31.0 Å². The van der Waals surface area contributed by atoms with Crippen molar-refractivity contribution in [3.05, 3.63) is 60.0 Å². The molecule has 5 N–H and O–H groups in total. The zero-order valence-corrected chi connectivity index (χ0v) is 31.9. The van der Waals surface area contributed by atoms with Crippen LogP contribution in [0.15, 0.2) is 48.8 Å². The summed E-state index contributed by atoms with van der Waals surface area (Å²) in [6.07, 6.45) is 14.7. The Morgan fingerprint density at radius 2 is 1.54 bits per heavy atom. The van der Waals surface area contributed by atoms with Crippen molar-refractivity contribution in [2.24, 2.45) is 0 Å². The van der Waals surface area contributed by atoms with Gasteiger partial charge in [0.25, 0.3) is 0 Å². The minimum atomic E-state index is -4.64. The SMILES string of the molecule is CCCCCCCCCCCCCCCCOC[C@@H](COP(=O)(O)OC[C@@]1(C)O[C@@H](c2ccc3c(N)ncnn23)[C@H](O)[C@@H]1O)OCc1ccccc1. The number of aliphatic hydroxyl groups is 2. The van der Waals surface area contributed by atoms with Crippen LogP contribution < -0.4 is 5.73 Å². The van der Waals surface area contributed by atoms with Crippen LogP contribution in [-0.2, 0) is 34.4 Å². The number of aromatic nitrogens is 3. The highest BCUT2D eigenvalue weighted by Crippen LogP contribution is 2.47. The van der Waals surface area contributed by atoms with Gasteiger partial charge in [-0.15, -0.1) is 0 Å². The van der Waals surface area contributed by atoms with Crippen molar-refractivity contribution in [1.29, 1.82) is 0 Å². The number of nitrogen functional groups attached to an aromatic ring is 1. The van der Waals surface area contributed by atoms with Crippen molar-refractivity contribution < 1.29 is 42.9 Å². The standard InChI is InChI=1S/C38H61N4O9P/c1-3-4-5-6-7-8-9-10-11-12-13-14-15-19-24-47-26-31(48-25-30-20-17-16-18-21-30)27-49-52(45,46)50-28-38(2)36(44)34(43)35(51-38)32-22-23-33-37(39)40-29-41-42(32)33/h16-18,20-23,29,31,34-36,43-44H,3-15,19,24-28H2,1-2H3,(H,45,46)(H2,39,40,41)/t31-,34-,35-,36-,38+/m0/s1. The topological polar surface area (TPSA) is 180 Å². The lowest BCUT2D eigenvalue weighted by molar-refractivity contribution is -0.102. The van der Waals surface area contributed by atoms with Crippen LogP contribution in [0.3, 0.4) is 0 Å². The Bertz CT molecular complexity index is 1480. The van der Waals surface area contributed by atoms with Gasteiger partial charge in [-0.25, -0.2) is 14.1 Å². The van der Waals surface area contributed by atoms with Crippen LogP contribution in [0.25, 0.3) is 5.52 Å². The van der Waals surface area contributed by atoms with E-state index >= 15 is 0 Å². The fourth-order valence-corrected chi connectivity index (χ4v) is 7.32. The summed E-state index contributed by atoms with van der Waals surface area (Å²) in [5.41, 5.74) is 6.26. The molecule has 0 spiro atoms. The van der Waals surface area contributed by atoms with E-state index in [0.717, 1.165) is 18.4 Å². The van der Waals surface area contributed by atoms with E-state index in [-0.39, 0.29) is 25.6 Å². The Hall–Kier alpha value is -2.45. The molecule has 52 heavy (non-hydrogen) atoms. The first kappa shape index (κ1) is 42.3. The largest absolute Gasteiger partial charge is 0.472 e. The molecule has 13 nitrogen and oxygen atoms in total. The van der Waals surface area contributed by atoms with E-state index in [0.29, 0.717) is 17.8 Å². The Labute approximate surface area is 308 Å². The van der Waals surface area contributed by atoms with Crippen LogP contribution in [0.4, 0.5) is 5.82 Å². The van der Waals surface area contributed by atoms with Crippen molar-refractivity contribution >= 4 is 19.2 Å². The predicted molar refractivity (Wildman–Crippen MR) is 200 cm³/mol. The highest BCUT2D eigenvalue weighted by Gasteiger charge is 2.53. The minimum absolute atomic E-state index is 0.179. The highest BCUT2D eigenvalue weighted by atomic mass is 31.2. The molecule has 0 aliphatic carbocycles. The molecule has 3 aromatic rings. The molecule has 2 aromatic heterocycles. The second kappa shape index (κ2) is 22.1. The van der Waals surface area contributed by atoms with Gasteiger partial charge in [0.1, 0.15) is 41.9 Å². The quantitative estimate of drug-likeness (QED) is 0.0460. The second-order valence-corrected chi connectivity index (χ2v) is 15.6. The number of aliphatic hydroxyl groups excluding tert-OH is 2. The lowest BCUT2D eigenvalue weighted by Gasteiger charge is -2.28. The Morgan fingerprint density at radius 3 is 2.19 bits per heavy atom. The van der Waals surface area contributed by atoms with Crippen molar-refractivity contribution in [3.63, 3.8) is 0 Å². The van der Waals surface area contributed by atoms with E-state index in [9.17, 15) is 19.7 Å². The number of nitrogens with two attached hydrogens (primary N) is 1. The maximum absolute atomic E-state index is 13.0. The van der Waals surface area contributed by atoms with Gasteiger partial charge in [-0.3, -0.25) is 9.05 Å². The Morgan fingerprint density at radius 1 is 0.904 bits per heavy atom. The van der Waals surface area contributed by atoms with Crippen molar-refractivity contribution in [2.45, 2.75) is 140 Å². The van der Waals surface area contributed by atoms with Crippen LogP contribution in [0.2, 0.25) is 0 Å². The molecule has 0 bridgehead atoms. The summed E-state index contributed by atoms with van der Waals surface area (Å²) in [7, 11) is -4.64. The molecule has 1 aliphatic heterocycles. The first-order valence-electron chi connectivity index (χ1n) is 19.1. The number of ether oxygens (including phenoxy) is 3. The molecule has 14 heteroatoms. The zero-order valence-electron chi connectivity index (χ0n) is 31.0. The molecule has 3 heterocycles. The summed E-state index contributed by atoms with van der Waals surface area (Å²) in [6.45, 7) is 3.95. The summed E-state index contributed by atoms with van der Waals surface area (Å²) in [5, 5.41) is 26.0. The smallest absolute Gasteiger partial charge is 0.387 e. The van der Waals surface area contributed by atoms with Crippen LogP contribution >= 0.6 is 7.82 Å². The third-order valence-electron chi connectivity index (χ3n) is 9.67. The molecule has 0 amide bonds. The number of benzene rings is 1. The fourth-order valence-electron chi connectivity index (χ4n) is 6.47. The number of fused-ring (bicyclic) bond motifs is 1. The van der Waals surface area contributed by atoms with Crippen LogP contribution in [-0.4, -0.2) is 80.0 Å². The molecule has 1 unspecified atom stereocenters. The van der Waals surface area contributed by atoms with Gasteiger partial charge < -0.3 is 35.1 Å². The number of phosphoric acid groups is 1. The molecule has 4 rings (SSSR count). The first-order chi connectivity index (χ1) is 25.1. The van der Waals surface area contributed by atoms with Gasteiger partial charge in [0, 0.05) is 6.61 Å². The summed E-state index contributed by atoms with van der Waals surface area (Å²) >= 11 is 0. The van der Waals surface area contributed by atoms with E-state index in [1.54, 1.807) is 12.1 Å². The van der Waals surface area contributed by atoms with Crippen molar-refractivity contribution in [3.8, 4) is 0 Å². The average Bonchev–Trinajstić information content (AvgIpc) is 3.67. The van der Waals surface area contributed by atoms with Gasteiger partial charge in [0.2, 0.25) is 0 Å². The average molecular weight is 749 g/mol. The highest BCUT2D eigenvalue weighted by molar-refractivity contribution is 7.47. The number of hydrogen-bond acceptors (Lipinski definition) is 11. The van der Waals surface area contributed by atoms with E-state index in [2.05, 4.69) is 17.0 Å². The molecular weight excluding hydrogens is 687 g/mol. The lowest BCUT2D eigenvalue weighted by atomic mass is 9.97. The van der Waals surface area contributed by atoms with E-state index in [1.165, 1.54) is 94.8 Å². The van der Waals surface area contributed by atoms with Gasteiger partial charge in [0.05, 0.1) is 32.1 Å². The number of phosphoric ester groups is 1. The van der Waals surface area contributed by atoms with E-state index < -0.39 is 44.4 Å². The van der Waals surface area contributed by atoms with Gasteiger partial charge >= 0.3 is 7.82 Å². The van der Waals surface area contributed by atoms with Crippen LogP contribution in [0.5, 0.6) is 0 Å². The zero-order chi connectivity index (χ0) is 37.2. The van der Waals surface area contributed by atoms with Crippen molar-refractivity contribution in [2.75, 3.05) is 32.2 Å². The van der Waals surface area contributed by atoms with Crippen LogP contribution in [0.1, 0.15) is 121 Å². The number of anilines is 1. The molecule has 292 valence electrons. The predicted octanol–water partition coefficient (Wildman–Crippen LogP) is 7.08. The lowest BCUT2D eigenvalue weighted by Crippen LogP contribution is -2.44. The van der Waals surface area contributed by atoms with Gasteiger partial charge in [0.15, 0.2) is 5.82 Å². The number of hydrogen-bond donors (Lipinski definition) is 4. The molecule has 1 aliphatic rings. The fraction of sp³-hybridized carbons (Fsp3) is 0.684. The first-order valence-corrected chi connectivity index (χ1v) is 20.6. The summed E-state index contributed by atoms with van der Waals surface area (Å²) < 4.78 is 43.1. The molecule has 0 saturated carbocycles. The number of unbranched alkanes of at least 4 members (excludes halogenated alkanes) is 13. The third-order valence-corrected chi connectivity index (χ3v) is 10.6.